The molecule has 0 spiro atoms. The molecule has 11 nitrogen and oxygen atoms in total. The van der Waals surface area contributed by atoms with Gasteiger partial charge in [-0.05, 0) is 93.3 Å². The fourth-order valence-corrected chi connectivity index (χ4v) is 6.78. The molecule has 1 saturated carbocycles. The van der Waals surface area contributed by atoms with E-state index in [0.29, 0.717) is 51.8 Å². The second kappa shape index (κ2) is 18.0. The predicted octanol–water partition coefficient (Wildman–Crippen LogP) is 6.55. The number of methoxy groups -OCH3 is 3. The Morgan fingerprint density at radius 2 is 1.65 bits per heavy atom. The van der Waals surface area contributed by atoms with Gasteiger partial charge < -0.3 is 38.2 Å². The summed E-state index contributed by atoms with van der Waals surface area (Å²) in [4.78, 5) is 36.7. The summed E-state index contributed by atoms with van der Waals surface area (Å²) in [5.41, 5.74) is 2.16. The van der Waals surface area contributed by atoms with Gasteiger partial charge in [0, 0.05) is 65.9 Å². The third kappa shape index (κ3) is 10.5. The van der Waals surface area contributed by atoms with Crippen LogP contribution in [0.15, 0.2) is 66.9 Å². The Morgan fingerprint density at radius 1 is 0.904 bits per heavy atom. The minimum absolute atomic E-state index is 0.0761. The van der Waals surface area contributed by atoms with Crippen LogP contribution in [-0.2, 0) is 48.9 Å². The van der Waals surface area contributed by atoms with Crippen molar-refractivity contribution in [2.75, 3.05) is 54.2 Å². The van der Waals surface area contributed by atoms with E-state index in [0.717, 1.165) is 53.7 Å². The number of aromatic nitrogens is 1. The zero-order chi connectivity index (χ0) is 37.1. The van der Waals surface area contributed by atoms with Crippen LogP contribution >= 0.6 is 0 Å². The number of aryl methyl sites for hydroxylation is 1. The molecule has 1 aliphatic heterocycles. The van der Waals surface area contributed by atoms with Crippen molar-refractivity contribution in [1.29, 1.82) is 0 Å². The summed E-state index contributed by atoms with van der Waals surface area (Å²) in [6.45, 7) is 8.31. The quantitative estimate of drug-likeness (QED) is 0.144. The van der Waals surface area contributed by atoms with E-state index >= 15 is 4.79 Å². The number of hydrogen-bond donors (Lipinski definition) is 0. The molecule has 3 aromatic rings. The highest BCUT2D eigenvalue weighted by molar-refractivity contribution is 5.82. The number of nitrogens with zero attached hydrogens (tertiary/aromatic N) is 3. The molecule has 1 saturated heterocycles. The van der Waals surface area contributed by atoms with Gasteiger partial charge in [0.2, 0.25) is 11.8 Å². The van der Waals surface area contributed by atoms with Crippen LogP contribution in [-0.4, -0.2) is 92.7 Å². The Kier molecular flexibility index (Phi) is 13.5. The SMILES string of the molecule is COCCCc1cc(CN(C(=O)C2CN(C(=O)OC(C)(C)C)CCC2(OC)c2ccnc(OCc3ccccc3)c2)C2CC2)cc(OCCOC)c1. The van der Waals surface area contributed by atoms with E-state index in [9.17, 15) is 4.79 Å². The number of hydrogen-bond acceptors (Lipinski definition) is 9. The molecule has 11 heteroatoms. The van der Waals surface area contributed by atoms with Crippen LogP contribution in [0.5, 0.6) is 11.6 Å². The molecular formula is C41H55N3O8. The highest BCUT2D eigenvalue weighted by Crippen LogP contribution is 2.44. The summed E-state index contributed by atoms with van der Waals surface area (Å²) in [5, 5.41) is 0. The maximum Gasteiger partial charge on any atom is 0.410 e. The van der Waals surface area contributed by atoms with E-state index in [2.05, 4.69) is 17.1 Å². The summed E-state index contributed by atoms with van der Waals surface area (Å²) in [6.07, 6.45) is 5.12. The number of piperidine rings is 1. The molecule has 2 aliphatic rings. The molecule has 2 unspecified atom stereocenters. The van der Waals surface area contributed by atoms with Gasteiger partial charge in [-0.1, -0.05) is 36.4 Å². The Labute approximate surface area is 308 Å². The normalized spacial score (nSPS) is 18.9. The summed E-state index contributed by atoms with van der Waals surface area (Å²) in [7, 11) is 4.99. The largest absolute Gasteiger partial charge is 0.491 e. The first-order valence-electron chi connectivity index (χ1n) is 18.3. The summed E-state index contributed by atoms with van der Waals surface area (Å²) < 4.78 is 34.9. The zero-order valence-electron chi connectivity index (χ0n) is 31.6. The molecule has 52 heavy (non-hydrogen) atoms. The molecule has 2 fully saturated rings. The van der Waals surface area contributed by atoms with Gasteiger partial charge >= 0.3 is 6.09 Å². The molecule has 2 heterocycles. The van der Waals surface area contributed by atoms with Crippen LogP contribution in [0.1, 0.15) is 68.7 Å². The van der Waals surface area contributed by atoms with E-state index < -0.39 is 23.2 Å². The Balaban J connectivity index is 1.47. The molecule has 0 radical (unpaired) electrons. The van der Waals surface area contributed by atoms with E-state index in [-0.39, 0.29) is 18.5 Å². The first-order valence-corrected chi connectivity index (χ1v) is 18.3. The Morgan fingerprint density at radius 3 is 2.35 bits per heavy atom. The fraction of sp³-hybridized carbons (Fsp3) is 0.537. The summed E-state index contributed by atoms with van der Waals surface area (Å²) in [6, 6.07) is 19.9. The van der Waals surface area contributed by atoms with Crippen molar-refractivity contribution in [3.8, 4) is 11.6 Å². The fourth-order valence-electron chi connectivity index (χ4n) is 6.78. The number of amides is 2. The molecule has 5 rings (SSSR count). The smallest absolute Gasteiger partial charge is 0.410 e. The second-order valence-electron chi connectivity index (χ2n) is 14.6. The summed E-state index contributed by atoms with van der Waals surface area (Å²) in [5.74, 6) is 0.368. The first kappa shape index (κ1) is 39.0. The zero-order valence-corrected chi connectivity index (χ0v) is 31.6. The third-order valence-electron chi connectivity index (χ3n) is 9.51. The van der Waals surface area contributed by atoms with Gasteiger partial charge in [-0.2, -0.15) is 0 Å². The van der Waals surface area contributed by atoms with Crippen molar-refractivity contribution < 1.29 is 38.0 Å². The molecular weight excluding hydrogens is 662 g/mol. The van der Waals surface area contributed by atoms with Crippen LogP contribution in [0.25, 0.3) is 0 Å². The van der Waals surface area contributed by atoms with E-state index in [4.69, 9.17) is 28.4 Å². The summed E-state index contributed by atoms with van der Waals surface area (Å²) >= 11 is 0. The van der Waals surface area contributed by atoms with E-state index in [1.54, 1.807) is 32.4 Å². The van der Waals surface area contributed by atoms with Crippen LogP contribution < -0.4 is 9.47 Å². The van der Waals surface area contributed by atoms with Gasteiger partial charge in [0.25, 0.3) is 0 Å². The first-order chi connectivity index (χ1) is 25.0. The van der Waals surface area contributed by atoms with Gasteiger partial charge in [-0.3, -0.25) is 4.79 Å². The second-order valence-corrected chi connectivity index (χ2v) is 14.6. The van der Waals surface area contributed by atoms with Gasteiger partial charge in [0.1, 0.15) is 30.2 Å². The lowest BCUT2D eigenvalue weighted by Crippen LogP contribution is -2.58. The van der Waals surface area contributed by atoms with Crippen molar-refractivity contribution in [2.45, 2.75) is 83.3 Å². The Bertz CT molecular complexity index is 1580. The molecule has 2 atom stereocenters. The van der Waals surface area contributed by atoms with Crippen molar-refractivity contribution in [2.24, 2.45) is 5.92 Å². The van der Waals surface area contributed by atoms with Crippen molar-refractivity contribution >= 4 is 12.0 Å². The van der Waals surface area contributed by atoms with Crippen molar-refractivity contribution in [3.05, 3.63) is 89.1 Å². The average molecular weight is 718 g/mol. The minimum atomic E-state index is -1.05. The molecule has 0 bridgehead atoms. The van der Waals surface area contributed by atoms with E-state index in [1.807, 2.05) is 74.2 Å². The van der Waals surface area contributed by atoms with Crippen molar-refractivity contribution in [1.82, 2.24) is 14.8 Å². The average Bonchev–Trinajstić information content (AvgIpc) is 3.98. The lowest BCUT2D eigenvalue weighted by molar-refractivity contribution is -0.160. The standard InChI is InChI=1S/C41H55N3O8/c1-40(2,3)52-39(46)43-19-17-41(49-6,33-16-18-42-37(26-33)51-29-30-11-8-7-9-12-30)36(28-43)38(45)44(34-14-15-34)27-32-23-31(13-10-20-47-4)24-35(25-32)50-22-21-48-5/h7-9,11-12,16,18,23-26,34,36H,10,13-15,17,19-22,27-29H2,1-6H3. The number of pyridine rings is 1. The van der Waals surface area contributed by atoms with Crippen LogP contribution in [0.2, 0.25) is 0 Å². The highest BCUT2D eigenvalue weighted by atomic mass is 16.6. The van der Waals surface area contributed by atoms with Gasteiger partial charge in [-0.15, -0.1) is 0 Å². The number of ether oxygens (including phenoxy) is 6. The number of carbonyl (C=O) groups excluding carboxylic acids is 2. The maximum absolute atomic E-state index is 15.1. The number of rotatable bonds is 17. The van der Waals surface area contributed by atoms with E-state index in [1.165, 1.54) is 0 Å². The molecule has 2 aromatic carbocycles. The van der Waals surface area contributed by atoms with Gasteiger partial charge in [-0.25, -0.2) is 9.78 Å². The van der Waals surface area contributed by atoms with Crippen LogP contribution in [0.3, 0.4) is 0 Å². The Hall–Kier alpha value is -4.19. The van der Waals surface area contributed by atoms with Gasteiger partial charge in [0.15, 0.2) is 0 Å². The molecule has 1 aromatic heterocycles. The van der Waals surface area contributed by atoms with Gasteiger partial charge in [0.05, 0.1) is 12.5 Å². The molecule has 1 aliphatic carbocycles. The molecule has 2 amide bonds. The highest BCUT2D eigenvalue weighted by Gasteiger charge is 2.52. The number of likely N-dealkylation sites (tertiary alicyclic amines) is 1. The molecule has 282 valence electrons. The molecule has 0 N–H and O–H groups in total. The predicted molar refractivity (Wildman–Crippen MR) is 197 cm³/mol. The minimum Gasteiger partial charge on any atom is -0.491 e. The monoisotopic (exact) mass is 717 g/mol. The third-order valence-corrected chi connectivity index (χ3v) is 9.51. The van der Waals surface area contributed by atoms with Crippen LogP contribution in [0, 0.1) is 5.92 Å². The maximum atomic E-state index is 15.1. The number of carbonyl (C=O) groups is 2. The topological polar surface area (TPSA) is 109 Å². The number of benzene rings is 2. The lowest BCUT2D eigenvalue weighted by Gasteiger charge is -2.47. The van der Waals surface area contributed by atoms with Crippen LogP contribution in [0.4, 0.5) is 4.79 Å². The van der Waals surface area contributed by atoms with Crippen molar-refractivity contribution in [3.63, 3.8) is 0 Å². The lowest BCUT2D eigenvalue weighted by atomic mass is 9.75.